The maximum Gasteiger partial charge on any atom is 0.316 e. The van der Waals surface area contributed by atoms with Crippen LogP contribution in [0.1, 0.15) is 5.56 Å². The molecular weight excluding hydrogens is 312 g/mol. The molecular formula is C13H13BrN2O3. The third-order valence-corrected chi connectivity index (χ3v) is 3.42. The monoisotopic (exact) mass is 324 g/mol. The molecule has 0 saturated heterocycles. The van der Waals surface area contributed by atoms with Crippen molar-refractivity contribution < 1.29 is 4.74 Å². The first-order chi connectivity index (χ1) is 9.02. The van der Waals surface area contributed by atoms with Gasteiger partial charge in [-0.15, -0.1) is 0 Å². The second-order valence-electron chi connectivity index (χ2n) is 4.12. The average molecular weight is 325 g/mol. The third-order valence-electron chi connectivity index (χ3n) is 2.80. The molecule has 0 atom stereocenters. The number of benzene rings is 1. The van der Waals surface area contributed by atoms with E-state index in [9.17, 15) is 9.59 Å². The highest BCUT2D eigenvalue weighted by molar-refractivity contribution is 9.10. The van der Waals surface area contributed by atoms with Gasteiger partial charge in [0.2, 0.25) is 0 Å². The van der Waals surface area contributed by atoms with Gasteiger partial charge in [-0.1, -0.05) is 6.07 Å². The van der Waals surface area contributed by atoms with Gasteiger partial charge in [-0.2, -0.15) is 0 Å². The van der Waals surface area contributed by atoms with Gasteiger partial charge in [0.1, 0.15) is 5.75 Å². The molecule has 2 aromatic rings. The van der Waals surface area contributed by atoms with Gasteiger partial charge in [0.05, 0.1) is 18.1 Å². The van der Waals surface area contributed by atoms with Crippen LogP contribution in [0.3, 0.4) is 0 Å². The van der Waals surface area contributed by atoms with E-state index in [1.54, 1.807) is 26.6 Å². The van der Waals surface area contributed by atoms with Crippen LogP contribution in [-0.2, 0) is 13.6 Å². The van der Waals surface area contributed by atoms with Crippen LogP contribution in [0.2, 0.25) is 0 Å². The Labute approximate surface area is 118 Å². The van der Waals surface area contributed by atoms with Crippen LogP contribution in [0.4, 0.5) is 0 Å². The van der Waals surface area contributed by atoms with Crippen molar-refractivity contribution in [3.05, 3.63) is 61.3 Å². The number of nitrogens with zero attached hydrogens (tertiary/aromatic N) is 2. The molecule has 0 saturated carbocycles. The SMILES string of the molecule is COc1ccc(Cn2ccn(C)c(=O)c2=O)cc1Br. The molecule has 0 unspecified atom stereocenters. The molecule has 0 spiro atoms. The van der Waals surface area contributed by atoms with Crippen LogP contribution in [-0.4, -0.2) is 16.2 Å². The summed E-state index contributed by atoms with van der Waals surface area (Å²) < 4.78 is 8.60. The Balaban J connectivity index is 2.37. The summed E-state index contributed by atoms with van der Waals surface area (Å²) in [6.07, 6.45) is 3.17. The molecule has 6 heteroatoms. The van der Waals surface area contributed by atoms with E-state index < -0.39 is 11.1 Å². The summed E-state index contributed by atoms with van der Waals surface area (Å²) in [4.78, 5) is 23.3. The summed E-state index contributed by atoms with van der Waals surface area (Å²) in [5.41, 5.74) is -0.157. The van der Waals surface area contributed by atoms with E-state index in [0.717, 1.165) is 15.8 Å². The van der Waals surface area contributed by atoms with E-state index in [0.29, 0.717) is 6.54 Å². The minimum absolute atomic E-state index is 0.345. The largest absolute Gasteiger partial charge is 0.496 e. The Hall–Kier alpha value is -1.82. The van der Waals surface area contributed by atoms with Crippen molar-refractivity contribution in [2.45, 2.75) is 6.54 Å². The van der Waals surface area contributed by atoms with E-state index in [2.05, 4.69) is 15.9 Å². The number of ether oxygens (including phenoxy) is 1. The van der Waals surface area contributed by atoms with E-state index in [1.807, 2.05) is 18.2 Å². The topological polar surface area (TPSA) is 53.2 Å². The number of rotatable bonds is 3. The Kier molecular flexibility index (Phi) is 3.90. The zero-order valence-corrected chi connectivity index (χ0v) is 12.2. The Morgan fingerprint density at radius 3 is 2.58 bits per heavy atom. The lowest BCUT2D eigenvalue weighted by Crippen LogP contribution is -2.39. The molecule has 0 amide bonds. The minimum Gasteiger partial charge on any atom is -0.496 e. The number of methoxy groups -OCH3 is 1. The van der Waals surface area contributed by atoms with Crippen molar-refractivity contribution in [3.8, 4) is 5.75 Å². The van der Waals surface area contributed by atoms with Crippen LogP contribution < -0.4 is 15.9 Å². The number of halogens is 1. The quantitative estimate of drug-likeness (QED) is 0.801. The van der Waals surface area contributed by atoms with Crippen LogP contribution in [0.25, 0.3) is 0 Å². The first-order valence-corrected chi connectivity index (χ1v) is 6.40. The maximum atomic E-state index is 11.8. The first kappa shape index (κ1) is 13.6. The number of aryl methyl sites for hydroxylation is 1. The summed E-state index contributed by atoms with van der Waals surface area (Å²) in [5, 5.41) is 0. The molecule has 0 aliphatic heterocycles. The summed E-state index contributed by atoms with van der Waals surface area (Å²) in [6.45, 7) is 0.345. The van der Waals surface area contributed by atoms with Crippen molar-refractivity contribution in [2.75, 3.05) is 7.11 Å². The predicted octanol–water partition coefficient (Wildman–Crippen LogP) is 1.37. The van der Waals surface area contributed by atoms with E-state index >= 15 is 0 Å². The molecule has 1 aromatic heterocycles. The lowest BCUT2D eigenvalue weighted by Gasteiger charge is -2.08. The summed E-state index contributed by atoms with van der Waals surface area (Å²) in [5.74, 6) is 0.722. The highest BCUT2D eigenvalue weighted by Crippen LogP contribution is 2.25. The fourth-order valence-corrected chi connectivity index (χ4v) is 2.31. The lowest BCUT2D eigenvalue weighted by molar-refractivity contribution is 0.412. The second-order valence-corrected chi connectivity index (χ2v) is 4.97. The molecule has 0 fully saturated rings. The van der Waals surface area contributed by atoms with Crippen LogP contribution in [0.15, 0.2) is 44.7 Å². The maximum absolute atomic E-state index is 11.8. The van der Waals surface area contributed by atoms with Crippen molar-refractivity contribution in [1.29, 1.82) is 0 Å². The standard InChI is InChI=1S/C13H13BrN2O3/c1-15-5-6-16(13(18)12(15)17)8-9-3-4-11(19-2)10(14)7-9/h3-7H,8H2,1-2H3. The molecule has 0 N–H and O–H groups in total. The number of aromatic nitrogens is 2. The molecule has 0 bridgehead atoms. The van der Waals surface area contributed by atoms with Crippen molar-refractivity contribution in [3.63, 3.8) is 0 Å². The summed E-state index contributed by atoms with van der Waals surface area (Å²) in [7, 11) is 3.14. The van der Waals surface area contributed by atoms with Gasteiger partial charge in [0.15, 0.2) is 0 Å². The molecule has 0 radical (unpaired) electrons. The van der Waals surface area contributed by atoms with Gasteiger partial charge in [-0.3, -0.25) is 9.59 Å². The molecule has 2 rings (SSSR count). The fourth-order valence-electron chi connectivity index (χ4n) is 1.72. The number of hydrogen-bond acceptors (Lipinski definition) is 3. The molecule has 1 heterocycles. The van der Waals surface area contributed by atoms with Crippen molar-refractivity contribution in [1.82, 2.24) is 9.13 Å². The van der Waals surface area contributed by atoms with Gasteiger partial charge in [-0.05, 0) is 33.6 Å². The third kappa shape index (κ3) is 2.78. The normalized spacial score (nSPS) is 10.5. The highest BCUT2D eigenvalue weighted by atomic mass is 79.9. The average Bonchev–Trinajstić information content (AvgIpc) is 2.40. The Morgan fingerprint density at radius 2 is 1.95 bits per heavy atom. The van der Waals surface area contributed by atoms with Crippen molar-refractivity contribution in [2.24, 2.45) is 7.05 Å². The van der Waals surface area contributed by atoms with Gasteiger partial charge < -0.3 is 13.9 Å². The molecule has 1 aromatic carbocycles. The van der Waals surface area contributed by atoms with Gasteiger partial charge >= 0.3 is 11.1 Å². The lowest BCUT2D eigenvalue weighted by atomic mass is 10.2. The summed E-state index contributed by atoms with van der Waals surface area (Å²) in [6, 6.07) is 5.53. The fraction of sp³-hybridized carbons (Fsp3) is 0.231. The molecule has 19 heavy (non-hydrogen) atoms. The smallest absolute Gasteiger partial charge is 0.316 e. The molecule has 0 aliphatic rings. The first-order valence-electron chi connectivity index (χ1n) is 5.61. The van der Waals surface area contributed by atoms with E-state index in [1.165, 1.54) is 9.13 Å². The zero-order chi connectivity index (χ0) is 14.0. The van der Waals surface area contributed by atoms with Gasteiger partial charge in [0, 0.05) is 19.4 Å². The van der Waals surface area contributed by atoms with Crippen LogP contribution >= 0.6 is 15.9 Å². The van der Waals surface area contributed by atoms with E-state index in [-0.39, 0.29) is 0 Å². The molecule has 100 valence electrons. The molecule has 0 aliphatic carbocycles. The van der Waals surface area contributed by atoms with Crippen LogP contribution in [0, 0.1) is 0 Å². The minimum atomic E-state index is -0.532. The van der Waals surface area contributed by atoms with E-state index in [4.69, 9.17) is 4.74 Å². The van der Waals surface area contributed by atoms with Gasteiger partial charge in [-0.25, -0.2) is 0 Å². The summed E-state index contributed by atoms with van der Waals surface area (Å²) >= 11 is 3.39. The highest BCUT2D eigenvalue weighted by Gasteiger charge is 2.05. The molecule has 5 nitrogen and oxygen atoms in total. The zero-order valence-electron chi connectivity index (χ0n) is 10.6. The second kappa shape index (κ2) is 5.44. The number of hydrogen-bond donors (Lipinski definition) is 0. The predicted molar refractivity (Wildman–Crippen MR) is 75.7 cm³/mol. The van der Waals surface area contributed by atoms with Crippen molar-refractivity contribution >= 4 is 15.9 Å². The van der Waals surface area contributed by atoms with Crippen LogP contribution in [0.5, 0.6) is 5.75 Å². The van der Waals surface area contributed by atoms with Gasteiger partial charge in [0.25, 0.3) is 0 Å². The Bertz CT molecular complexity index is 719. The Morgan fingerprint density at radius 1 is 1.21 bits per heavy atom.